The quantitative estimate of drug-likeness (QED) is 0.494. The molecule has 3 N–H and O–H groups in total. The van der Waals surface area contributed by atoms with Crippen LogP contribution in [0.3, 0.4) is 0 Å². The summed E-state index contributed by atoms with van der Waals surface area (Å²) in [6, 6.07) is 0. The molecule has 18 heavy (non-hydrogen) atoms. The minimum Gasteiger partial charge on any atom is -0.295 e. The Hall–Kier alpha value is -0.630. The topological polar surface area (TPSA) is 71.2 Å². The zero-order valence-electron chi connectivity index (χ0n) is 10.5. The molecule has 2 atom stereocenters. The fraction of sp³-hybridized carbons (Fsp3) is 0.636. The Balaban J connectivity index is 1.96. The number of nitrogen functional groups attached to an aromatic ring is 1. The SMILES string of the molecule is CC1CN(Cc2csc(C(=O)NN)n2)CC(C)S1. The van der Waals surface area contributed by atoms with E-state index in [-0.39, 0.29) is 5.91 Å². The summed E-state index contributed by atoms with van der Waals surface area (Å²) in [5.41, 5.74) is 3.05. The maximum atomic E-state index is 11.3. The fourth-order valence-corrected chi connectivity index (χ4v) is 4.29. The highest BCUT2D eigenvalue weighted by molar-refractivity contribution is 8.00. The van der Waals surface area contributed by atoms with E-state index in [1.807, 2.05) is 17.1 Å². The molecule has 1 aliphatic heterocycles. The van der Waals surface area contributed by atoms with Gasteiger partial charge in [0.25, 0.3) is 5.91 Å². The second-order valence-corrected chi connectivity index (χ2v) is 7.31. The number of hydrogen-bond donors (Lipinski definition) is 2. The second kappa shape index (κ2) is 6.01. The smallest absolute Gasteiger partial charge is 0.294 e. The number of nitrogens with two attached hydrogens (primary N) is 1. The third-order valence-electron chi connectivity index (χ3n) is 2.76. The summed E-state index contributed by atoms with van der Waals surface area (Å²) in [5, 5.41) is 3.67. The number of hydrazine groups is 1. The Labute approximate surface area is 115 Å². The molecule has 0 saturated carbocycles. The average molecular weight is 286 g/mol. The van der Waals surface area contributed by atoms with Crippen LogP contribution >= 0.6 is 23.1 Å². The standard InChI is InChI=1S/C11H18N4OS2/c1-7-3-15(4-8(2)18-7)5-9-6-17-11(13-9)10(16)14-12/h6-8H,3-5,12H2,1-2H3,(H,14,16). The molecule has 1 fully saturated rings. The molecule has 2 heterocycles. The molecule has 7 heteroatoms. The largest absolute Gasteiger partial charge is 0.295 e. The zero-order chi connectivity index (χ0) is 13.1. The molecular weight excluding hydrogens is 268 g/mol. The third kappa shape index (κ3) is 3.44. The Morgan fingerprint density at radius 3 is 2.83 bits per heavy atom. The van der Waals surface area contributed by atoms with Gasteiger partial charge in [0.2, 0.25) is 0 Å². The molecule has 0 bridgehead atoms. The molecule has 1 saturated heterocycles. The highest BCUT2D eigenvalue weighted by Gasteiger charge is 2.23. The van der Waals surface area contributed by atoms with Gasteiger partial charge in [0.05, 0.1) is 5.69 Å². The molecule has 0 radical (unpaired) electrons. The number of thiazole rings is 1. The summed E-state index contributed by atoms with van der Waals surface area (Å²) < 4.78 is 0. The molecular formula is C11H18N4OS2. The van der Waals surface area contributed by atoms with E-state index in [1.165, 1.54) is 11.3 Å². The van der Waals surface area contributed by atoms with Gasteiger partial charge in [0, 0.05) is 35.5 Å². The lowest BCUT2D eigenvalue weighted by atomic mass is 10.3. The highest BCUT2D eigenvalue weighted by Crippen LogP contribution is 2.25. The number of amides is 1. The van der Waals surface area contributed by atoms with E-state index in [4.69, 9.17) is 5.84 Å². The van der Waals surface area contributed by atoms with E-state index in [0.29, 0.717) is 15.5 Å². The molecule has 1 aromatic rings. The second-order valence-electron chi connectivity index (χ2n) is 4.57. The van der Waals surface area contributed by atoms with Crippen molar-refractivity contribution in [3.8, 4) is 0 Å². The molecule has 1 amide bonds. The number of nitrogens with one attached hydrogen (secondary N) is 1. The summed E-state index contributed by atoms with van der Waals surface area (Å²) in [7, 11) is 0. The number of rotatable bonds is 3. The minimum absolute atomic E-state index is 0.317. The molecule has 2 rings (SSSR count). The van der Waals surface area contributed by atoms with Crippen molar-refractivity contribution in [2.24, 2.45) is 5.84 Å². The first-order chi connectivity index (χ1) is 8.58. The van der Waals surface area contributed by atoms with Crippen LogP contribution in [-0.4, -0.2) is 39.4 Å². The van der Waals surface area contributed by atoms with Crippen molar-refractivity contribution in [3.05, 3.63) is 16.1 Å². The Morgan fingerprint density at radius 1 is 1.56 bits per heavy atom. The summed E-state index contributed by atoms with van der Waals surface area (Å²) in [6.07, 6.45) is 0. The Kier molecular flexibility index (Phi) is 4.60. The number of aromatic nitrogens is 1. The fourth-order valence-electron chi connectivity index (χ4n) is 2.19. The molecule has 0 aliphatic carbocycles. The van der Waals surface area contributed by atoms with Gasteiger partial charge in [0.1, 0.15) is 0 Å². The normalized spacial score (nSPS) is 25.1. The Morgan fingerprint density at radius 2 is 2.22 bits per heavy atom. The van der Waals surface area contributed by atoms with E-state index >= 15 is 0 Å². The van der Waals surface area contributed by atoms with Crippen LogP contribution in [0.5, 0.6) is 0 Å². The highest BCUT2D eigenvalue weighted by atomic mass is 32.2. The van der Waals surface area contributed by atoms with Crippen LogP contribution in [0.4, 0.5) is 0 Å². The van der Waals surface area contributed by atoms with Gasteiger partial charge in [-0.15, -0.1) is 11.3 Å². The summed E-state index contributed by atoms with van der Waals surface area (Å²) in [4.78, 5) is 18.0. The van der Waals surface area contributed by atoms with Crippen LogP contribution in [0.25, 0.3) is 0 Å². The Bertz CT molecular complexity index is 413. The van der Waals surface area contributed by atoms with E-state index in [2.05, 4.69) is 29.2 Å². The third-order valence-corrected chi connectivity index (χ3v) is 4.88. The lowest BCUT2D eigenvalue weighted by Gasteiger charge is -2.34. The van der Waals surface area contributed by atoms with Gasteiger partial charge < -0.3 is 0 Å². The molecule has 5 nitrogen and oxygen atoms in total. The van der Waals surface area contributed by atoms with E-state index < -0.39 is 0 Å². The number of thioether (sulfide) groups is 1. The first-order valence-corrected chi connectivity index (χ1v) is 7.74. The lowest BCUT2D eigenvalue weighted by molar-refractivity contribution is 0.0953. The molecule has 0 spiro atoms. The van der Waals surface area contributed by atoms with Crippen molar-refractivity contribution in [2.75, 3.05) is 13.1 Å². The predicted octanol–water partition coefficient (Wildman–Crippen LogP) is 1.07. The van der Waals surface area contributed by atoms with Crippen molar-refractivity contribution in [1.82, 2.24) is 15.3 Å². The van der Waals surface area contributed by atoms with Crippen LogP contribution in [-0.2, 0) is 6.54 Å². The monoisotopic (exact) mass is 286 g/mol. The van der Waals surface area contributed by atoms with Gasteiger partial charge >= 0.3 is 0 Å². The molecule has 1 aromatic heterocycles. The lowest BCUT2D eigenvalue weighted by Crippen LogP contribution is -2.39. The van der Waals surface area contributed by atoms with Gasteiger partial charge in [-0.25, -0.2) is 10.8 Å². The number of carbonyl (C=O) groups is 1. The molecule has 0 aromatic carbocycles. The van der Waals surface area contributed by atoms with Gasteiger partial charge in [-0.05, 0) is 0 Å². The van der Waals surface area contributed by atoms with Gasteiger partial charge in [-0.3, -0.25) is 15.1 Å². The maximum absolute atomic E-state index is 11.3. The summed E-state index contributed by atoms with van der Waals surface area (Å²) in [5.74, 6) is 4.77. The molecule has 1 aliphatic rings. The summed E-state index contributed by atoms with van der Waals surface area (Å²) in [6.45, 7) is 7.46. The van der Waals surface area contributed by atoms with Crippen molar-refractivity contribution < 1.29 is 4.79 Å². The average Bonchev–Trinajstić information content (AvgIpc) is 2.75. The van der Waals surface area contributed by atoms with Crippen LogP contribution in [0, 0.1) is 0 Å². The van der Waals surface area contributed by atoms with Crippen LogP contribution < -0.4 is 11.3 Å². The molecule has 2 unspecified atom stereocenters. The number of hydrogen-bond acceptors (Lipinski definition) is 6. The summed E-state index contributed by atoms with van der Waals surface area (Å²) >= 11 is 3.37. The molecule has 100 valence electrons. The van der Waals surface area contributed by atoms with E-state index in [0.717, 1.165) is 25.3 Å². The van der Waals surface area contributed by atoms with Crippen molar-refractivity contribution in [1.29, 1.82) is 0 Å². The van der Waals surface area contributed by atoms with Crippen molar-refractivity contribution in [2.45, 2.75) is 30.9 Å². The van der Waals surface area contributed by atoms with Gasteiger partial charge in [-0.2, -0.15) is 11.8 Å². The zero-order valence-corrected chi connectivity index (χ0v) is 12.2. The van der Waals surface area contributed by atoms with Crippen molar-refractivity contribution in [3.63, 3.8) is 0 Å². The first kappa shape index (κ1) is 13.8. The number of nitrogens with zero attached hydrogens (tertiary/aromatic N) is 2. The maximum Gasteiger partial charge on any atom is 0.294 e. The number of carbonyl (C=O) groups excluding carboxylic acids is 1. The van der Waals surface area contributed by atoms with Gasteiger partial charge in [0.15, 0.2) is 5.01 Å². The van der Waals surface area contributed by atoms with Gasteiger partial charge in [-0.1, -0.05) is 13.8 Å². The predicted molar refractivity (Wildman–Crippen MR) is 75.6 cm³/mol. The van der Waals surface area contributed by atoms with Crippen LogP contribution in [0.2, 0.25) is 0 Å². The van der Waals surface area contributed by atoms with E-state index in [1.54, 1.807) is 0 Å². The minimum atomic E-state index is -0.317. The van der Waals surface area contributed by atoms with E-state index in [9.17, 15) is 4.79 Å². The van der Waals surface area contributed by atoms with Crippen LogP contribution in [0.15, 0.2) is 5.38 Å². The van der Waals surface area contributed by atoms with Crippen molar-refractivity contribution >= 4 is 29.0 Å². The van der Waals surface area contributed by atoms with Crippen LogP contribution in [0.1, 0.15) is 29.3 Å². The first-order valence-electron chi connectivity index (χ1n) is 5.91.